The van der Waals surface area contributed by atoms with Gasteiger partial charge in [0.1, 0.15) is 0 Å². The molecule has 1 aliphatic heterocycles. The number of H-pyrrole nitrogens is 1. The number of amides is 1. The van der Waals surface area contributed by atoms with E-state index in [0.29, 0.717) is 5.69 Å². The molecule has 6 nitrogen and oxygen atoms in total. The number of aromatic nitrogens is 3. The van der Waals surface area contributed by atoms with E-state index < -0.39 is 0 Å². The monoisotopic (exact) mass is 305 g/mol. The van der Waals surface area contributed by atoms with Crippen molar-refractivity contribution in [2.45, 2.75) is 32.9 Å². The van der Waals surface area contributed by atoms with Gasteiger partial charge in [-0.3, -0.25) is 14.8 Å². The van der Waals surface area contributed by atoms with Gasteiger partial charge in [0.05, 0.1) is 10.7 Å². The number of rotatable bonds is 4. The molecular weight excluding hydrogens is 286 g/mol. The number of aryl methyl sites for hydroxylation is 1. The highest BCUT2D eigenvalue weighted by molar-refractivity contribution is 7.09. The molecule has 0 fully saturated rings. The molecule has 2 N–H and O–H groups in total. The van der Waals surface area contributed by atoms with E-state index in [-0.39, 0.29) is 5.91 Å². The van der Waals surface area contributed by atoms with Gasteiger partial charge in [-0.25, -0.2) is 4.98 Å². The topological polar surface area (TPSA) is 73.9 Å². The molecule has 0 atom stereocenters. The molecule has 1 aliphatic rings. The van der Waals surface area contributed by atoms with Gasteiger partial charge in [0, 0.05) is 49.7 Å². The summed E-state index contributed by atoms with van der Waals surface area (Å²) in [6.45, 7) is 4.65. The van der Waals surface area contributed by atoms with Crippen molar-refractivity contribution < 1.29 is 4.79 Å². The summed E-state index contributed by atoms with van der Waals surface area (Å²) < 4.78 is 0. The number of carbonyl (C=O) groups excluding carboxylic acids is 1. The lowest BCUT2D eigenvalue weighted by molar-refractivity contribution is 0.0955. The minimum absolute atomic E-state index is 0.128. The first kappa shape index (κ1) is 14.2. The summed E-state index contributed by atoms with van der Waals surface area (Å²) >= 11 is 1.72. The van der Waals surface area contributed by atoms with Crippen LogP contribution in [0.5, 0.6) is 0 Å². The number of nitrogens with one attached hydrogen (secondary N) is 2. The molecule has 3 rings (SSSR count). The SMILES string of the molecule is CCc1nc(CN2CCc3[nH]nc(C(=O)NC)c3C2)cs1. The Kier molecular flexibility index (Phi) is 4.03. The maximum Gasteiger partial charge on any atom is 0.271 e. The van der Waals surface area contributed by atoms with Crippen LogP contribution in [0.25, 0.3) is 0 Å². The fourth-order valence-corrected chi connectivity index (χ4v) is 3.34. The van der Waals surface area contributed by atoms with Crippen LogP contribution in [0.15, 0.2) is 5.38 Å². The number of hydrogen-bond donors (Lipinski definition) is 2. The lowest BCUT2D eigenvalue weighted by atomic mass is 10.0. The Bertz CT molecular complexity index is 648. The fourth-order valence-electron chi connectivity index (χ4n) is 2.61. The molecule has 0 unspecified atom stereocenters. The normalized spacial score (nSPS) is 15.0. The van der Waals surface area contributed by atoms with Gasteiger partial charge in [0.2, 0.25) is 0 Å². The average molecular weight is 305 g/mol. The lowest BCUT2D eigenvalue weighted by Crippen LogP contribution is -2.31. The van der Waals surface area contributed by atoms with E-state index in [9.17, 15) is 4.79 Å². The van der Waals surface area contributed by atoms with Crippen molar-refractivity contribution in [2.24, 2.45) is 0 Å². The molecule has 0 saturated heterocycles. The standard InChI is InChI=1S/C14H19N5OS/c1-3-12-16-9(8-21-12)6-19-5-4-11-10(7-19)13(18-17-11)14(20)15-2/h8H,3-7H2,1-2H3,(H,15,20)(H,17,18). The summed E-state index contributed by atoms with van der Waals surface area (Å²) in [4.78, 5) is 18.8. The van der Waals surface area contributed by atoms with E-state index in [1.807, 2.05) is 0 Å². The highest BCUT2D eigenvalue weighted by Crippen LogP contribution is 2.22. The third-order valence-electron chi connectivity index (χ3n) is 3.74. The third kappa shape index (κ3) is 2.84. The zero-order valence-electron chi connectivity index (χ0n) is 12.3. The molecule has 0 saturated carbocycles. The Hall–Kier alpha value is -1.73. The van der Waals surface area contributed by atoms with Crippen molar-refractivity contribution in [3.05, 3.63) is 33.0 Å². The van der Waals surface area contributed by atoms with Crippen molar-refractivity contribution in [3.63, 3.8) is 0 Å². The minimum atomic E-state index is -0.128. The zero-order chi connectivity index (χ0) is 14.8. The summed E-state index contributed by atoms with van der Waals surface area (Å²) in [7, 11) is 1.63. The summed E-state index contributed by atoms with van der Waals surface area (Å²) in [5, 5.41) is 13.1. The molecule has 1 amide bonds. The van der Waals surface area contributed by atoms with E-state index in [1.54, 1.807) is 18.4 Å². The van der Waals surface area contributed by atoms with Crippen LogP contribution < -0.4 is 5.32 Å². The second kappa shape index (κ2) is 5.95. The second-order valence-corrected chi connectivity index (χ2v) is 6.10. The molecule has 2 aromatic rings. The van der Waals surface area contributed by atoms with E-state index >= 15 is 0 Å². The Labute approximate surface area is 127 Å². The lowest BCUT2D eigenvalue weighted by Gasteiger charge is -2.26. The molecule has 0 bridgehead atoms. The molecule has 0 radical (unpaired) electrons. The average Bonchev–Trinajstić information content (AvgIpc) is 3.12. The second-order valence-electron chi connectivity index (χ2n) is 5.16. The number of aromatic amines is 1. The number of carbonyl (C=O) groups is 1. The predicted octanol–water partition coefficient (Wildman–Crippen LogP) is 1.35. The van der Waals surface area contributed by atoms with Crippen LogP contribution >= 0.6 is 11.3 Å². The van der Waals surface area contributed by atoms with E-state index in [4.69, 9.17) is 0 Å². The number of thiazole rings is 1. The van der Waals surface area contributed by atoms with Crippen molar-refractivity contribution >= 4 is 17.2 Å². The third-order valence-corrected chi connectivity index (χ3v) is 4.78. The molecule has 0 spiro atoms. The van der Waals surface area contributed by atoms with Crippen LogP contribution in [0.3, 0.4) is 0 Å². The molecule has 21 heavy (non-hydrogen) atoms. The highest BCUT2D eigenvalue weighted by Gasteiger charge is 2.25. The van der Waals surface area contributed by atoms with Gasteiger partial charge in [-0.1, -0.05) is 6.92 Å². The van der Waals surface area contributed by atoms with Gasteiger partial charge in [-0.2, -0.15) is 5.10 Å². The van der Waals surface area contributed by atoms with Crippen molar-refractivity contribution in [1.29, 1.82) is 0 Å². The summed E-state index contributed by atoms with van der Waals surface area (Å²) in [6.07, 6.45) is 1.88. The highest BCUT2D eigenvalue weighted by atomic mass is 32.1. The molecule has 7 heteroatoms. The molecule has 3 heterocycles. The first-order chi connectivity index (χ1) is 10.2. The van der Waals surface area contributed by atoms with Crippen molar-refractivity contribution in [2.75, 3.05) is 13.6 Å². The summed E-state index contributed by atoms with van der Waals surface area (Å²) in [6, 6.07) is 0. The number of hydrogen-bond acceptors (Lipinski definition) is 5. The molecule has 0 aliphatic carbocycles. The molecular formula is C14H19N5OS. The van der Waals surface area contributed by atoms with E-state index in [1.165, 1.54) is 5.01 Å². The largest absolute Gasteiger partial charge is 0.354 e. The Morgan fingerprint density at radius 1 is 1.57 bits per heavy atom. The Balaban J connectivity index is 1.74. The fraction of sp³-hybridized carbons (Fsp3) is 0.500. The smallest absolute Gasteiger partial charge is 0.271 e. The van der Waals surface area contributed by atoms with Gasteiger partial charge in [0.15, 0.2) is 5.69 Å². The van der Waals surface area contributed by atoms with Gasteiger partial charge in [0.25, 0.3) is 5.91 Å². The van der Waals surface area contributed by atoms with Crippen LogP contribution in [0.4, 0.5) is 0 Å². The van der Waals surface area contributed by atoms with Crippen LogP contribution in [-0.2, 0) is 25.9 Å². The maximum atomic E-state index is 11.8. The quantitative estimate of drug-likeness (QED) is 0.894. The number of fused-ring (bicyclic) bond motifs is 1. The summed E-state index contributed by atoms with van der Waals surface area (Å²) in [5.74, 6) is -0.128. The Morgan fingerprint density at radius 2 is 2.43 bits per heavy atom. The van der Waals surface area contributed by atoms with Crippen molar-refractivity contribution in [3.8, 4) is 0 Å². The number of nitrogens with zero attached hydrogens (tertiary/aromatic N) is 3. The van der Waals surface area contributed by atoms with E-state index in [0.717, 1.165) is 49.4 Å². The van der Waals surface area contributed by atoms with Gasteiger partial charge < -0.3 is 5.32 Å². The van der Waals surface area contributed by atoms with Crippen LogP contribution in [0.1, 0.15) is 39.4 Å². The van der Waals surface area contributed by atoms with Crippen LogP contribution in [-0.4, -0.2) is 39.6 Å². The first-order valence-electron chi connectivity index (χ1n) is 7.15. The molecule has 2 aromatic heterocycles. The minimum Gasteiger partial charge on any atom is -0.354 e. The molecule has 112 valence electrons. The summed E-state index contributed by atoms with van der Waals surface area (Å²) in [5.41, 5.74) is 3.74. The van der Waals surface area contributed by atoms with E-state index in [2.05, 4.69) is 37.7 Å². The van der Waals surface area contributed by atoms with Crippen LogP contribution in [0.2, 0.25) is 0 Å². The van der Waals surface area contributed by atoms with Gasteiger partial charge >= 0.3 is 0 Å². The van der Waals surface area contributed by atoms with Crippen LogP contribution in [0, 0.1) is 0 Å². The van der Waals surface area contributed by atoms with Crippen molar-refractivity contribution in [1.82, 2.24) is 25.4 Å². The van der Waals surface area contributed by atoms with Gasteiger partial charge in [-0.05, 0) is 6.42 Å². The molecule has 0 aromatic carbocycles. The van der Waals surface area contributed by atoms with Gasteiger partial charge in [-0.15, -0.1) is 11.3 Å². The maximum absolute atomic E-state index is 11.8. The zero-order valence-corrected chi connectivity index (χ0v) is 13.1. The Morgan fingerprint density at radius 3 is 3.14 bits per heavy atom. The first-order valence-corrected chi connectivity index (χ1v) is 8.03. The predicted molar refractivity (Wildman–Crippen MR) is 81.3 cm³/mol.